The van der Waals surface area contributed by atoms with Gasteiger partial charge >= 0.3 is 6.03 Å². The maximum Gasteiger partial charge on any atom is 0.326 e. The van der Waals surface area contributed by atoms with Gasteiger partial charge in [0.2, 0.25) is 0 Å². The fourth-order valence-corrected chi connectivity index (χ4v) is 3.19. The highest BCUT2D eigenvalue weighted by atomic mass is 16.2. The molecule has 146 valence electrons. The van der Waals surface area contributed by atoms with Gasteiger partial charge in [0.05, 0.1) is 6.20 Å². The lowest BCUT2D eigenvalue weighted by atomic mass is 10.2. The lowest BCUT2D eigenvalue weighted by Gasteiger charge is -2.12. The van der Waals surface area contributed by atoms with Crippen LogP contribution >= 0.6 is 0 Å². The van der Waals surface area contributed by atoms with Crippen molar-refractivity contribution >= 4 is 41.0 Å². The van der Waals surface area contributed by atoms with Gasteiger partial charge in [-0.25, -0.2) is 9.78 Å². The van der Waals surface area contributed by atoms with E-state index < -0.39 is 11.9 Å². The molecule has 1 aliphatic carbocycles. The van der Waals surface area contributed by atoms with Crippen LogP contribution in [0.4, 0.5) is 22.1 Å². The van der Waals surface area contributed by atoms with Gasteiger partial charge < -0.3 is 16.0 Å². The summed E-state index contributed by atoms with van der Waals surface area (Å²) in [6, 6.07) is 9.84. The first-order chi connectivity index (χ1) is 14.0. The Kier molecular flexibility index (Phi) is 3.94. The largest absolute Gasteiger partial charge is 0.367 e. The first-order valence-corrected chi connectivity index (χ1v) is 9.38. The second-order valence-electron chi connectivity index (χ2n) is 7.24. The predicted octanol–water partition coefficient (Wildman–Crippen LogP) is 2.54. The van der Waals surface area contributed by atoms with E-state index in [-0.39, 0.29) is 5.70 Å². The van der Waals surface area contributed by atoms with Crippen LogP contribution in [0, 0.1) is 6.92 Å². The van der Waals surface area contributed by atoms with Crippen molar-refractivity contribution in [2.75, 3.05) is 10.6 Å². The Balaban J connectivity index is 1.57. The third kappa shape index (κ3) is 3.49. The van der Waals surface area contributed by atoms with Crippen LogP contribution in [0.25, 0.3) is 11.7 Å². The van der Waals surface area contributed by atoms with Crippen LogP contribution in [0.1, 0.15) is 24.0 Å². The maximum absolute atomic E-state index is 11.9. The smallest absolute Gasteiger partial charge is 0.326 e. The highest BCUT2D eigenvalue weighted by Gasteiger charge is 2.25. The number of aromatic nitrogens is 3. The number of nitrogens with one attached hydrogen (secondary N) is 4. The van der Waals surface area contributed by atoms with E-state index in [0.717, 1.165) is 29.9 Å². The van der Waals surface area contributed by atoms with E-state index in [9.17, 15) is 9.59 Å². The maximum atomic E-state index is 11.9. The molecule has 0 bridgehead atoms. The van der Waals surface area contributed by atoms with Crippen molar-refractivity contribution in [2.45, 2.75) is 25.8 Å². The molecule has 3 aromatic rings. The highest BCUT2D eigenvalue weighted by Crippen LogP contribution is 2.28. The molecule has 1 saturated heterocycles. The number of aryl methyl sites for hydroxylation is 1. The molecular formula is C20H19N7O2. The van der Waals surface area contributed by atoms with Crippen molar-refractivity contribution in [3.63, 3.8) is 0 Å². The number of rotatable bonds is 5. The number of urea groups is 1. The Morgan fingerprint density at radius 2 is 2.07 bits per heavy atom. The number of carbonyl (C=O) groups is 2. The number of hydrogen-bond acceptors (Lipinski definition) is 6. The molecule has 9 heteroatoms. The summed E-state index contributed by atoms with van der Waals surface area (Å²) in [5.74, 6) is 1.00. The number of anilines is 3. The highest BCUT2D eigenvalue weighted by molar-refractivity contribution is 6.14. The van der Waals surface area contributed by atoms with E-state index in [4.69, 9.17) is 4.98 Å². The Morgan fingerprint density at radius 3 is 2.79 bits per heavy atom. The van der Waals surface area contributed by atoms with Gasteiger partial charge in [-0.2, -0.15) is 9.61 Å². The molecule has 29 heavy (non-hydrogen) atoms. The number of hydrogen-bond donors (Lipinski definition) is 4. The van der Waals surface area contributed by atoms with Crippen molar-refractivity contribution < 1.29 is 9.59 Å². The summed E-state index contributed by atoms with van der Waals surface area (Å²) < 4.78 is 1.71. The molecule has 1 aliphatic heterocycles. The lowest BCUT2D eigenvalue weighted by molar-refractivity contribution is -0.115. The lowest BCUT2D eigenvalue weighted by Crippen LogP contribution is -2.22. The fourth-order valence-electron chi connectivity index (χ4n) is 3.19. The summed E-state index contributed by atoms with van der Waals surface area (Å²) in [6.07, 6.45) is 5.44. The number of fused-ring (bicyclic) bond motifs is 1. The summed E-state index contributed by atoms with van der Waals surface area (Å²) >= 11 is 0. The van der Waals surface area contributed by atoms with E-state index >= 15 is 0 Å². The van der Waals surface area contributed by atoms with Crippen LogP contribution in [0.5, 0.6) is 0 Å². The van der Waals surface area contributed by atoms with Crippen LogP contribution in [-0.2, 0) is 4.79 Å². The van der Waals surface area contributed by atoms with E-state index in [0.29, 0.717) is 23.1 Å². The summed E-state index contributed by atoms with van der Waals surface area (Å²) in [4.78, 5) is 28.0. The van der Waals surface area contributed by atoms with E-state index in [2.05, 4.69) is 26.4 Å². The zero-order valence-electron chi connectivity index (χ0n) is 15.7. The Morgan fingerprint density at radius 1 is 1.21 bits per heavy atom. The van der Waals surface area contributed by atoms with Crippen molar-refractivity contribution in [3.8, 4) is 0 Å². The standard InChI is InChI=1S/C20H19N7O2/c1-11-3-2-4-14(7-11)22-16-9-17(23-13-5-6-13)27-18(25-16)12(10-21-27)8-15-19(28)26-20(29)24-15/h2-4,7-10,13,23H,5-6H2,1H3,(H,22,25)(H2,24,26,28,29)/b15-8-. The minimum absolute atomic E-state index is 0.167. The Bertz CT molecular complexity index is 1180. The van der Waals surface area contributed by atoms with Gasteiger partial charge in [0.15, 0.2) is 5.65 Å². The van der Waals surface area contributed by atoms with Gasteiger partial charge in [-0.05, 0) is 43.5 Å². The fraction of sp³-hybridized carbons (Fsp3) is 0.200. The minimum atomic E-state index is -0.538. The van der Waals surface area contributed by atoms with Crippen LogP contribution < -0.4 is 21.3 Å². The monoisotopic (exact) mass is 389 g/mol. The molecule has 2 fully saturated rings. The quantitative estimate of drug-likeness (QED) is 0.394. The van der Waals surface area contributed by atoms with Crippen LogP contribution in [-0.4, -0.2) is 32.6 Å². The summed E-state index contributed by atoms with van der Waals surface area (Å²) in [6.45, 7) is 2.03. The van der Waals surface area contributed by atoms with Crippen molar-refractivity contribution in [2.24, 2.45) is 0 Å². The Labute approximate surface area is 166 Å². The van der Waals surface area contributed by atoms with E-state index in [1.165, 1.54) is 0 Å². The topological polar surface area (TPSA) is 112 Å². The molecule has 4 N–H and O–H groups in total. The molecule has 5 rings (SSSR count). The molecule has 2 aliphatic rings. The normalized spacial score (nSPS) is 17.5. The second-order valence-corrected chi connectivity index (χ2v) is 7.24. The third-order valence-corrected chi connectivity index (χ3v) is 4.74. The number of benzene rings is 1. The molecule has 0 atom stereocenters. The third-order valence-electron chi connectivity index (χ3n) is 4.74. The van der Waals surface area contributed by atoms with Crippen molar-refractivity contribution in [3.05, 3.63) is 53.4 Å². The second kappa shape index (κ2) is 6.62. The molecule has 2 aromatic heterocycles. The van der Waals surface area contributed by atoms with Gasteiger partial charge in [0, 0.05) is 23.4 Å². The molecule has 0 unspecified atom stereocenters. The van der Waals surface area contributed by atoms with Gasteiger partial charge in [0.25, 0.3) is 5.91 Å². The molecular weight excluding hydrogens is 370 g/mol. The van der Waals surface area contributed by atoms with Gasteiger partial charge in [-0.3, -0.25) is 10.1 Å². The number of carbonyl (C=O) groups excluding carboxylic acids is 2. The van der Waals surface area contributed by atoms with E-state index in [1.807, 2.05) is 37.3 Å². The van der Waals surface area contributed by atoms with Crippen molar-refractivity contribution in [1.82, 2.24) is 25.2 Å². The first kappa shape index (κ1) is 17.2. The van der Waals surface area contributed by atoms with Crippen molar-refractivity contribution in [1.29, 1.82) is 0 Å². The zero-order chi connectivity index (χ0) is 20.0. The molecule has 0 radical (unpaired) electrons. The van der Waals surface area contributed by atoms with E-state index in [1.54, 1.807) is 16.8 Å². The molecule has 1 aromatic carbocycles. The number of imide groups is 1. The SMILES string of the molecule is Cc1cccc(Nc2cc(NC3CC3)n3ncc(/C=C4\NC(=O)NC4=O)c3n2)c1. The van der Waals surface area contributed by atoms with Gasteiger partial charge in [0.1, 0.15) is 17.3 Å². The average Bonchev–Trinajstić information content (AvgIpc) is 3.31. The minimum Gasteiger partial charge on any atom is -0.367 e. The molecule has 3 amide bonds. The first-order valence-electron chi connectivity index (χ1n) is 9.38. The molecule has 3 heterocycles. The van der Waals surface area contributed by atoms with Crippen LogP contribution in [0.3, 0.4) is 0 Å². The summed E-state index contributed by atoms with van der Waals surface area (Å²) in [5, 5.41) is 15.9. The summed E-state index contributed by atoms with van der Waals surface area (Å²) in [7, 11) is 0. The van der Waals surface area contributed by atoms with Gasteiger partial charge in [-0.15, -0.1) is 0 Å². The molecule has 1 saturated carbocycles. The average molecular weight is 389 g/mol. The molecule has 0 spiro atoms. The summed E-state index contributed by atoms with van der Waals surface area (Å²) in [5.41, 5.74) is 3.45. The van der Waals surface area contributed by atoms with Crippen LogP contribution in [0.15, 0.2) is 42.2 Å². The molecule has 9 nitrogen and oxygen atoms in total. The zero-order valence-corrected chi connectivity index (χ0v) is 15.7. The van der Waals surface area contributed by atoms with Crippen LogP contribution in [0.2, 0.25) is 0 Å². The predicted molar refractivity (Wildman–Crippen MR) is 109 cm³/mol. The Hall–Kier alpha value is -3.88. The number of nitrogens with zero attached hydrogens (tertiary/aromatic N) is 3. The number of amides is 3. The van der Waals surface area contributed by atoms with Gasteiger partial charge in [-0.1, -0.05) is 12.1 Å².